The fourth-order valence-electron chi connectivity index (χ4n) is 2.45. The van der Waals surface area contributed by atoms with Gasteiger partial charge in [0.2, 0.25) is 5.70 Å². The van der Waals surface area contributed by atoms with E-state index in [2.05, 4.69) is 5.32 Å². The summed E-state index contributed by atoms with van der Waals surface area (Å²) in [5.41, 5.74) is 2.20. The van der Waals surface area contributed by atoms with Gasteiger partial charge in [-0.25, -0.2) is 0 Å². The zero-order valence-electron chi connectivity index (χ0n) is 14.8. The number of benzene rings is 1. The van der Waals surface area contributed by atoms with Crippen LogP contribution in [0.25, 0.3) is 11.5 Å². The van der Waals surface area contributed by atoms with E-state index in [1.54, 1.807) is 22.8 Å². The normalized spacial score (nSPS) is 11.7. The molecule has 0 saturated heterocycles. The molecule has 0 fully saturated rings. The molecule has 0 bridgehead atoms. The fraction of sp³-hybridized carbons (Fsp3) is 0.100. The Morgan fingerprint density at radius 3 is 2.33 bits per heavy atom. The van der Waals surface area contributed by atoms with E-state index in [1.807, 2.05) is 67.1 Å². The highest BCUT2D eigenvalue weighted by Crippen LogP contribution is 2.22. The Hall–Kier alpha value is -2.41. The van der Waals surface area contributed by atoms with E-state index in [9.17, 15) is 5.11 Å². The molecule has 27 heavy (non-hydrogen) atoms. The molecule has 0 aliphatic heterocycles. The molecule has 1 N–H and O–H groups in total. The number of pyridine rings is 1. The Bertz CT molecular complexity index is 950. The molecule has 3 aromatic rings. The van der Waals surface area contributed by atoms with E-state index in [1.165, 1.54) is 11.3 Å². The van der Waals surface area contributed by atoms with Crippen LogP contribution < -0.4 is 19.9 Å². The molecule has 1 aromatic carbocycles. The maximum atomic E-state index is 13.1. The van der Waals surface area contributed by atoms with Crippen LogP contribution in [0.2, 0.25) is 5.02 Å². The molecule has 0 saturated carbocycles. The zero-order valence-corrected chi connectivity index (χ0v) is 17.2. The third kappa shape index (κ3) is 4.66. The van der Waals surface area contributed by atoms with E-state index in [0.29, 0.717) is 20.6 Å². The molecule has 0 aliphatic rings. The summed E-state index contributed by atoms with van der Waals surface area (Å²) in [6.45, 7) is 0. The summed E-state index contributed by atoms with van der Waals surface area (Å²) in [4.78, 5) is 2.97. The first kappa shape index (κ1) is 19.4. The molecule has 2 heterocycles. The van der Waals surface area contributed by atoms with Crippen LogP contribution in [0.5, 0.6) is 0 Å². The standard InChI is InChI=1S/C20H18ClN3OS2/c1-23(2)16-9-11-24(12-10-16)18(19(25)17-4-3-13-27-17)20(26)22-15-7-5-14(21)6-8-15/h3-13H,1-2H3,(H-,22,25,26). The first-order valence-electron chi connectivity index (χ1n) is 8.17. The van der Waals surface area contributed by atoms with Crippen molar-refractivity contribution in [3.63, 3.8) is 0 Å². The average Bonchev–Trinajstić information content (AvgIpc) is 3.19. The Morgan fingerprint density at radius 2 is 1.78 bits per heavy atom. The van der Waals surface area contributed by atoms with Crippen LogP contribution in [-0.4, -0.2) is 19.1 Å². The summed E-state index contributed by atoms with van der Waals surface area (Å²) in [7, 11) is 3.93. The largest absolute Gasteiger partial charge is 0.867 e. The number of aromatic nitrogens is 1. The van der Waals surface area contributed by atoms with E-state index in [4.69, 9.17) is 23.8 Å². The van der Waals surface area contributed by atoms with Crippen molar-refractivity contribution in [3.05, 3.63) is 76.2 Å². The minimum atomic E-state index is -0.126. The molecule has 0 amide bonds. The first-order chi connectivity index (χ1) is 13.0. The van der Waals surface area contributed by atoms with Gasteiger partial charge in [-0.05, 0) is 41.5 Å². The topological polar surface area (TPSA) is 42.2 Å². The Labute approximate surface area is 173 Å². The van der Waals surface area contributed by atoms with Crippen molar-refractivity contribution < 1.29 is 9.67 Å². The first-order valence-corrected chi connectivity index (χ1v) is 9.83. The van der Waals surface area contributed by atoms with E-state index < -0.39 is 0 Å². The highest BCUT2D eigenvalue weighted by Gasteiger charge is 2.19. The third-order valence-corrected chi connectivity index (χ3v) is 5.28. The molecule has 7 heteroatoms. The maximum Gasteiger partial charge on any atom is 0.239 e. The van der Waals surface area contributed by atoms with E-state index in [-0.39, 0.29) is 5.76 Å². The lowest BCUT2D eigenvalue weighted by atomic mass is 10.2. The van der Waals surface area contributed by atoms with Crippen LogP contribution in [-0.2, 0) is 0 Å². The lowest BCUT2D eigenvalue weighted by Crippen LogP contribution is -2.40. The van der Waals surface area contributed by atoms with Crippen molar-refractivity contribution in [2.75, 3.05) is 24.3 Å². The quantitative estimate of drug-likeness (QED) is 0.297. The average molecular weight is 416 g/mol. The summed E-state index contributed by atoms with van der Waals surface area (Å²) < 4.78 is 1.75. The highest BCUT2D eigenvalue weighted by atomic mass is 35.5. The number of anilines is 2. The zero-order chi connectivity index (χ0) is 19.4. The lowest BCUT2D eigenvalue weighted by molar-refractivity contribution is -0.577. The van der Waals surface area contributed by atoms with Crippen LogP contribution in [0.3, 0.4) is 0 Å². The molecular formula is C20H18ClN3OS2. The van der Waals surface area contributed by atoms with Crippen LogP contribution in [0.1, 0.15) is 4.88 Å². The number of thiocarbonyl (C=S) groups is 1. The second kappa shape index (κ2) is 8.52. The molecule has 0 spiro atoms. The Kier molecular flexibility index (Phi) is 6.11. The van der Waals surface area contributed by atoms with Gasteiger partial charge in [-0.1, -0.05) is 29.9 Å². The summed E-state index contributed by atoms with van der Waals surface area (Å²) in [6, 6.07) is 14.7. The molecular weight excluding hydrogens is 398 g/mol. The van der Waals surface area contributed by atoms with E-state index in [0.717, 1.165) is 11.4 Å². The van der Waals surface area contributed by atoms with Crippen molar-refractivity contribution in [3.8, 4) is 0 Å². The van der Waals surface area contributed by atoms with Gasteiger partial charge in [0.25, 0.3) is 0 Å². The summed E-state index contributed by atoms with van der Waals surface area (Å²) in [5.74, 6) is -0.126. The van der Waals surface area contributed by atoms with Gasteiger partial charge >= 0.3 is 0 Å². The minimum absolute atomic E-state index is 0.126. The molecule has 2 aromatic heterocycles. The Morgan fingerprint density at radius 1 is 1.11 bits per heavy atom. The van der Waals surface area contributed by atoms with Gasteiger partial charge in [0.1, 0.15) is 0 Å². The van der Waals surface area contributed by atoms with Crippen LogP contribution in [0.15, 0.2) is 66.3 Å². The summed E-state index contributed by atoms with van der Waals surface area (Å²) in [6.07, 6.45) is 3.68. The molecule has 4 nitrogen and oxygen atoms in total. The second-order valence-corrected chi connectivity index (χ2v) is 7.77. The SMILES string of the molecule is CN(C)c1cc[n+](C(C(=S)Nc2ccc(Cl)cc2)=C([O-])c2cccs2)cc1. The number of hydrogen-bond acceptors (Lipinski definition) is 4. The maximum absolute atomic E-state index is 13.1. The lowest BCUT2D eigenvalue weighted by Gasteiger charge is -2.16. The summed E-state index contributed by atoms with van der Waals surface area (Å²) >= 11 is 12.9. The fourth-order valence-corrected chi connectivity index (χ4v) is 3.56. The number of halogens is 1. The van der Waals surface area contributed by atoms with Gasteiger partial charge < -0.3 is 15.3 Å². The molecule has 0 atom stereocenters. The second-order valence-electron chi connectivity index (χ2n) is 5.97. The number of nitrogens with zero attached hydrogens (tertiary/aromatic N) is 2. The Balaban J connectivity index is 2.01. The number of nitrogens with one attached hydrogen (secondary N) is 1. The van der Waals surface area contributed by atoms with Crippen LogP contribution >= 0.6 is 35.2 Å². The third-order valence-electron chi connectivity index (χ3n) is 3.86. The van der Waals surface area contributed by atoms with Crippen molar-refractivity contribution >= 4 is 63.0 Å². The molecule has 0 unspecified atom stereocenters. The molecule has 138 valence electrons. The van der Waals surface area contributed by atoms with E-state index >= 15 is 0 Å². The monoisotopic (exact) mass is 415 g/mol. The van der Waals surface area contributed by atoms with Gasteiger partial charge in [-0.3, -0.25) is 0 Å². The number of rotatable bonds is 5. The molecule has 0 radical (unpaired) electrons. The van der Waals surface area contributed by atoms with Crippen molar-refractivity contribution in [2.45, 2.75) is 0 Å². The number of thiophene rings is 1. The van der Waals surface area contributed by atoms with Crippen molar-refractivity contribution in [1.29, 1.82) is 0 Å². The van der Waals surface area contributed by atoms with Crippen LogP contribution in [0, 0.1) is 0 Å². The highest BCUT2D eigenvalue weighted by molar-refractivity contribution is 7.81. The van der Waals surface area contributed by atoms with Gasteiger partial charge in [0.15, 0.2) is 17.4 Å². The van der Waals surface area contributed by atoms with Crippen molar-refractivity contribution in [2.24, 2.45) is 0 Å². The summed E-state index contributed by atoms with van der Waals surface area (Å²) in [5, 5.41) is 18.8. The van der Waals surface area contributed by atoms with Crippen LogP contribution in [0.4, 0.5) is 11.4 Å². The van der Waals surface area contributed by atoms with Gasteiger partial charge in [-0.2, -0.15) is 4.57 Å². The minimum Gasteiger partial charge on any atom is -0.867 e. The van der Waals surface area contributed by atoms with Crippen molar-refractivity contribution in [1.82, 2.24) is 0 Å². The predicted octanol–water partition coefficient (Wildman–Crippen LogP) is 3.88. The number of hydrogen-bond donors (Lipinski definition) is 1. The predicted molar refractivity (Wildman–Crippen MR) is 116 cm³/mol. The van der Waals surface area contributed by atoms with Gasteiger partial charge in [0.05, 0.1) is 0 Å². The van der Waals surface area contributed by atoms with Gasteiger partial charge in [0, 0.05) is 47.5 Å². The molecule has 0 aliphatic carbocycles. The smallest absolute Gasteiger partial charge is 0.239 e. The van der Waals surface area contributed by atoms with Gasteiger partial charge in [-0.15, -0.1) is 11.3 Å². The molecule has 3 rings (SSSR count).